The molecule has 5 aromatic rings. The molecular weight excluding hydrogens is 538 g/mol. The number of carbonyl (C=O) groups is 1. The minimum atomic E-state index is -3.03. The van der Waals surface area contributed by atoms with E-state index in [0.717, 1.165) is 4.57 Å². The molecule has 0 atom stereocenters. The number of ether oxygens (including phenoxy) is 1. The number of fused-ring (bicyclic) bond motifs is 2. The molecule has 12 heteroatoms. The number of halogens is 3. The van der Waals surface area contributed by atoms with Crippen LogP contribution in [0.25, 0.3) is 32.2 Å². The molecule has 5 rings (SSSR count). The minimum absolute atomic E-state index is 0.0114. The Morgan fingerprint density at radius 2 is 2.08 bits per heavy atom. The summed E-state index contributed by atoms with van der Waals surface area (Å²) in [5.74, 6) is -1.50. The molecular formula is C26H15ClF2N4O4S. The molecule has 0 radical (unpaired) electrons. The van der Waals surface area contributed by atoms with Gasteiger partial charge in [0, 0.05) is 27.5 Å². The van der Waals surface area contributed by atoms with E-state index < -0.39 is 23.8 Å². The molecule has 2 aromatic carbocycles. The van der Waals surface area contributed by atoms with Crippen LogP contribution >= 0.6 is 22.9 Å². The van der Waals surface area contributed by atoms with Gasteiger partial charge in [-0.2, -0.15) is 5.26 Å². The number of hydrogen-bond acceptors (Lipinski definition) is 7. The van der Waals surface area contributed by atoms with Crippen LogP contribution in [0.5, 0.6) is 5.75 Å². The fourth-order valence-electron chi connectivity index (χ4n) is 4.14. The summed E-state index contributed by atoms with van der Waals surface area (Å²) < 4.78 is 34.9. The maximum absolute atomic E-state index is 13.8. The zero-order valence-electron chi connectivity index (χ0n) is 19.2. The highest BCUT2D eigenvalue weighted by molar-refractivity contribution is 7.18. The first-order valence-electron chi connectivity index (χ1n) is 11.0. The van der Waals surface area contributed by atoms with Crippen LogP contribution in [-0.4, -0.2) is 32.2 Å². The lowest BCUT2D eigenvalue weighted by Gasteiger charge is -2.16. The maximum Gasteiger partial charge on any atom is 0.337 e. The quantitative estimate of drug-likeness (QED) is 0.266. The van der Waals surface area contributed by atoms with Crippen molar-refractivity contribution in [3.63, 3.8) is 0 Å². The van der Waals surface area contributed by atoms with Gasteiger partial charge in [0.1, 0.15) is 18.4 Å². The number of alkyl halides is 2. The van der Waals surface area contributed by atoms with Gasteiger partial charge in [0.15, 0.2) is 5.82 Å². The Balaban J connectivity index is 1.52. The maximum atomic E-state index is 13.8. The first-order chi connectivity index (χ1) is 18.3. The topological polar surface area (TPSA) is 118 Å². The highest BCUT2D eigenvalue weighted by atomic mass is 35.5. The van der Waals surface area contributed by atoms with Crippen molar-refractivity contribution in [2.45, 2.75) is 13.0 Å². The van der Waals surface area contributed by atoms with E-state index in [4.69, 9.17) is 16.3 Å². The number of aromatic carboxylic acids is 1. The van der Waals surface area contributed by atoms with E-state index in [1.807, 2.05) is 6.07 Å². The summed E-state index contributed by atoms with van der Waals surface area (Å²) in [6.45, 7) is -0.472. The zero-order chi connectivity index (χ0) is 27.0. The van der Waals surface area contributed by atoms with Crippen molar-refractivity contribution in [2.24, 2.45) is 0 Å². The molecule has 8 nitrogen and oxygen atoms in total. The normalized spacial score (nSPS) is 11.2. The third-order valence-corrected chi connectivity index (χ3v) is 7.06. The van der Waals surface area contributed by atoms with Crippen LogP contribution in [0.3, 0.4) is 0 Å². The zero-order valence-corrected chi connectivity index (χ0v) is 20.8. The van der Waals surface area contributed by atoms with E-state index in [2.05, 4.69) is 9.97 Å². The van der Waals surface area contributed by atoms with Crippen LogP contribution in [0.2, 0.25) is 5.02 Å². The highest BCUT2D eigenvalue weighted by Gasteiger charge is 2.21. The van der Waals surface area contributed by atoms with Gasteiger partial charge in [-0.15, -0.1) is 11.3 Å². The number of benzene rings is 2. The van der Waals surface area contributed by atoms with Gasteiger partial charge in [-0.25, -0.2) is 18.6 Å². The number of hydrogen-bond donors (Lipinski definition) is 1. The number of nitrogens with zero attached hydrogens (tertiary/aromatic N) is 4. The predicted molar refractivity (Wildman–Crippen MR) is 138 cm³/mol. The summed E-state index contributed by atoms with van der Waals surface area (Å²) in [5, 5.41) is 21.2. The fourth-order valence-corrected chi connectivity index (χ4v) is 5.35. The van der Waals surface area contributed by atoms with Crippen LogP contribution < -0.4 is 10.3 Å². The summed E-state index contributed by atoms with van der Waals surface area (Å²) >= 11 is 7.43. The Labute approximate surface area is 222 Å². The van der Waals surface area contributed by atoms with Gasteiger partial charge in [-0.3, -0.25) is 14.3 Å². The summed E-state index contributed by atoms with van der Waals surface area (Å²) in [5.41, 5.74) is 0.315. The summed E-state index contributed by atoms with van der Waals surface area (Å²) in [4.78, 5) is 33.0. The molecule has 0 spiro atoms. The van der Waals surface area contributed by atoms with Crippen molar-refractivity contribution in [3.8, 4) is 23.1 Å². The van der Waals surface area contributed by atoms with E-state index in [1.165, 1.54) is 41.1 Å². The highest BCUT2D eigenvalue weighted by Crippen LogP contribution is 2.39. The van der Waals surface area contributed by atoms with E-state index in [0.29, 0.717) is 32.1 Å². The van der Waals surface area contributed by atoms with Crippen molar-refractivity contribution in [3.05, 3.63) is 86.4 Å². The summed E-state index contributed by atoms with van der Waals surface area (Å²) in [7, 11) is 0. The lowest BCUT2D eigenvalue weighted by atomic mass is 10.1. The molecule has 1 N–H and O–H groups in total. The Morgan fingerprint density at radius 1 is 1.26 bits per heavy atom. The van der Waals surface area contributed by atoms with Crippen LogP contribution in [-0.2, 0) is 6.54 Å². The van der Waals surface area contributed by atoms with Crippen molar-refractivity contribution in [1.29, 1.82) is 5.26 Å². The molecule has 38 heavy (non-hydrogen) atoms. The lowest BCUT2D eigenvalue weighted by Crippen LogP contribution is -2.28. The van der Waals surface area contributed by atoms with Crippen molar-refractivity contribution < 1.29 is 23.4 Å². The molecule has 0 aliphatic carbocycles. The lowest BCUT2D eigenvalue weighted by molar-refractivity contribution is 0.0699. The number of carboxylic acids is 1. The molecule has 190 valence electrons. The number of pyridine rings is 1. The average Bonchev–Trinajstić information content (AvgIpc) is 3.35. The SMILES string of the molecule is N#Cc1cccc2nc(C(F)F)n(CCOc3ccc(Cl)cc3-c3nccc4c(C(=O)O)csc34)c(=O)c12. The summed E-state index contributed by atoms with van der Waals surface area (Å²) in [6.07, 6.45) is -1.56. The molecule has 0 amide bonds. The van der Waals surface area contributed by atoms with Gasteiger partial charge < -0.3 is 9.84 Å². The molecule has 0 fully saturated rings. The van der Waals surface area contributed by atoms with E-state index in [-0.39, 0.29) is 35.2 Å². The molecule has 0 saturated carbocycles. The minimum Gasteiger partial charge on any atom is -0.491 e. The summed E-state index contributed by atoms with van der Waals surface area (Å²) in [6, 6.07) is 12.5. The van der Waals surface area contributed by atoms with Gasteiger partial charge in [0.25, 0.3) is 12.0 Å². The molecule has 0 aliphatic rings. The molecule has 0 aliphatic heterocycles. The van der Waals surface area contributed by atoms with Crippen LogP contribution in [0.1, 0.15) is 28.2 Å². The fraction of sp³-hybridized carbons (Fsp3) is 0.115. The second-order valence-electron chi connectivity index (χ2n) is 8.02. The standard InChI is InChI=1S/C26H15ClF2N4O4S/c27-14-4-5-19(16(10-14)21-22-15(6-7-31-21)17(12-38-22)26(35)36)37-9-8-33-24(23(28)29)32-18-3-1-2-13(11-30)20(18)25(33)34/h1-7,10,12,23H,8-9H2,(H,35,36). The number of nitriles is 1. The van der Waals surface area contributed by atoms with Gasteiger partial charge >= 0.3 is 5.97 Å². The van der Waals surface area contributed by atoms with Gasteiger partial charge in [-0.05, 0) is 36.4 Å². The number of aromatic nitrogens is 3. The Hall–Kier alpha value is -4.40. The Kier molecular flexibility index (Phi) is 6.75. The van der Waals surface area contributed by atoms with E-state index in [9.17, 15) is 28.7 Å². The average molecular weight is 553 g/mol. The monoisotopic (exact) mass is 552 g/mol. The van der Waals surface area contributed by atoms with E-state index >= 15 is 0 Å². The van der Waals surface area contributed by atoms with Crippen molar-refractivity contribution in [1.82, 2.24) is 14.5 Å². The van der Waals surface area contributed by atoms with Gasteiger partial charge in [-0.1, -0.05) is 17.7 Å². The van der Waals surface area contributed by atoms with Crippen molar-refractivity contribution in [2.75, 3.05) is 6.61 Å². The van der Waals surface area contributed by atoms with E-state index in [1.54, 1.807) is 24.3 Å². The first kappa shape index (κ1) is 25.3. The largest absolute Gasteiger partial charge is 0.491 e. The number of carboxylic acid groups (broad SMARTS) is 1. The van der Waals surface area contributed by atoms with Crippen molar-refractivity contribution >= 4 is 49.9 Å². The molecule has 0 bridgehead atoms. The van der Waals surface area contributed by atoms with Crippen LogP contribution in [0.4, 0.5) is 8.78 Å². The third kappa shape index (κ3) is 4.44. The second kappa shape index (κ2) is 10.2. The first-order valence-corrected chi connectivity index (χ1v) is 12.3. The Morgan fingerprint density at radius 3 is 2.82 bits per heavy atom. The molecule has 3 heterocycles. The van der Waals surface area contributed by atoms with Crippen LogP contribution in [0.15, 0.2) is 58.8 Å². The molecule has 0 unspecified atom stereocenters. The van der Waals surface area contributed by atoms with Crippen LogP contribution in [0, 0.1) is 11.3 Å². The van der Waals surface area contributed by atoms with Gasteiger partial charge in [0.2, 0.25) is 0 Å². The second-order valence-corrected chi connectivity index (χ2v) is 9.33. The molecule has 0 saturated heterocycles. The number of rotatable bonds is 7. The predicted octanol–water partition coefficient (Wildman–Crippen LogP) is 5.91. The smallest absolute Gasteiger partial charge is 0.337 e. The third-order valence-electron chi connectivity index (χ3n) is 5.82. The molecule has 3 aromatic heterocycles. The number of thiophene rings is 1. The van der Waals surface area contributed by atoms with Gasteiger partial charge in [0.05, 0.1) is 39.0 Å². The Bertz CT molecular complexity index is 1830.